The minimum Gasteiger partial charge on any atom is -0.298 e. The van der Waals surface area contributed by atoms with E-state index in [0.29, 0.717) is 11.1 Å². The van der Waals surface area contributed by atoms with Crippen LogP contribution in [-0.2, 0) is 0 Å². The third kappa shape index (κ3) is 2.20. The van der Waals surface area contributed by atoms with Gasteiger partial charge in [-0.3, -0.25) is 9.59 Å². The predicted molar refractivity (Wildman–Crippen MR) is 56.2 cm³/mol. The van der Waals surface area contributed by atoms with E-state index in [1.54, 1.807) is 25.1 Å². The average Bonchev–Trinajstić information content (AvgIpc) is 2.17. The smallest absolute Gasteiger partial charge is 0.180 e. The lowest BCUT2D eigenvalue weighted by atomic mass is 10.0. The Hall–Kier alpha value is -1.15. The fourth-order valence-electron chi connectivity index (χ4n) is 1.19. The molecule has 0 aliphatic carbocycles. The van der Waals surface area contributed by atoms with Crippen LogP contribution in [0.25, 0.3) is 0 Å². The fraction of sp³-hybridized carbons (Fsp3) is 0.273. The van der Waals surface area contributed by atoms with Crippen molar-refractivity contribution < 1.29 is 9.59 Å². The molecule has 74 valence electrons. The van der Waals surface area contributed by atoms with E-state index < -0.39 is 5.38 Å². The van der Waals surface area contributed by atoms with E-state index in [0.717, 1.165) is 11.8 Å². The molecule has 1 atom stereocenters. The van der Waals surface area contributed by atoms with Crippen LogP contribution in [0, 0.1) is 6.92 Å². The third-order valence-corrected chi connectivity index (χ3v) is 2.22. The zero-order chi connectivity index (χ0) is 10.7. The maximum Gasteiger partial charge on any atom is 0.180 e. The zero-order valence-electron chi connectivity index (χ0n) is 8.08. The van der Waals surface area contributed by atoms with Crippen LogP contribution in [0.4, 0.5) is 0 Å². The van der Waals surface area contributed by atoms with E-state index in [9.17, 15) is 9.59 Å². The van der Waals surface area contributed by atoms with Crippen LogP contribution in [-0.4, -0.2) is 17.4 Å². The SMILES string of the molecule is Cc1ccc(C=O)cc1C(=O)C(C)Cl. The number of alkyl halides is 1. The van der Waals surface area contributed by atoms with Crippen LogP contribution in [0.2, 0.25) is 0 Å². The number of hydrogen-bond donors (Lipinski definition) is 0. The monoisotopic (exact) mass is 210 g/mol. The second-order valence-electron chi connectivity index (χ2n) is 3.17. The number of Topliss-reactive ketones (excluding diaryl/α,β-unsaturated/α-hetero) is 1. The van der Waals surface area contributed by atoms with E-state index >= 15 is 0 Å². The van der Waals surface area contributed by atoms with Crippen molar-refractivity contribution in [3.05, 3.63) is 34.9 Å². The molecule has 1 aromatic rings. The fourth-order valence-corrected chi connectivity index (χ4v) is 1.31. The van der Waals surface area contributed by atoms with E-state index in [1.807, 2.05) is 6.92 Å². The molecule has 0 aliphatic rings. The number of carbonyl (C=O) groups is 2. The largest absolute Gasteiger partial charge is 0.298 e. The van der Waals surface area contributed by atoms with Gasteiger partial charge in [0.2, 0.25) is 0 Å². The summed E-state index contributed by atoms with van der Waals surface area (Å²) in [6, 6.07) is 5.00. The summed E-state index contributed by atoms with van der Waals surface area (Å²) in [6.07, 6.45) is 0.717. The molecule has 0 spiro atoms. The van der Waals surface area contributed by atoms with Gasteiger partial charge in [0.15, 0.2) is 5.78 Å². The number of aryl methyl sites for hydroxylation is 1. The molecule has 0 aromatic heterocycles. The summed E-state index contributed by atoms with van der Waals surface area (Å²) in [4.78, 5) is 22.1. The first-order valence-corrected chi connectivity index (χ1v) is 4.74. The Labute approximate surface area is 87.9 Å². The summed E-state index contributed by atoms with van der Waals surface area (Å²) < 4.78 is 0. The van der Waals surface area contributed by atoms with Crippen molar-refractivity contribution in [3.63, 3.8) is 0 Å². The van der Waals surface area contributed by atoms with Gasteiger partial charge in [-0.2, -0.15) is 0 Å². The quantitative estimate of drug-likeness (QED) is 0.437. The van der Waals surface area contributed by atoms with E-state index in [4.69, 9.17) is 11.6 Å². The molecule has 0 amide bonds. The number of ketones is 1. The van der Waals surface area contributed by atoms with Crippen LogP contribution in [0.3, 0.4) is 0 Å². The molecule has 0 heterocycles. The Morgan fingerprint density at radius 2 is 2.14 bits per heavy atom. The second-order valence-corrected chi connectivity index (χ2v) is 3.83. The maximum absolute atomic E-state index is 11.6. The standard InChI is InChI=1S/C11H11ClO2/c1-7-3-4-9(6-13)5-10(7)11(14)8(2)12/h3-6,8H,1-2H3. The Kier molecular flexibility index (Phi) is 3.42. The molecule has 14 heavy (non-hydrogen) atoms. The number of rotatable bonds is 3. The van der Waals surface area contributed by atoms with E-state index in [-0.39, 0.29) is 5.78 Å². The molecule has 0 bridgehead atoms. The molecule has 1 rings (SSSR count). The van der Waals surface area contributed by atoms with Gasteiger partial charge in [-0.15, -0.1) is 11.6 Å². The number of hydrogen-bond acceptors (Lipinski definition) is 2. The summed E-state index contributed by atoms with van der Waals surface area (Å²) in [5, 5.41) is -0.560. The highest BCUT2D eigenvalue weighted by molar-refractivity contribution is 6.33. The number of carbonyl (C=O) groups excluding carboxylic acids is 2. The lowest BCUT2D eigenvalue weighted by molar-refractivity contribution is 0.0991. The molecule has 0 fully saturated rings. The molecule has 0 radical (unpaired) electrons. The highest BCUT2D eigenvalue weighted by atomic mass is 35.5. The van der Waals surface area contributed by atoms with Crippen LogP contribution in [0.5, 0.6) is 0 Å². The van der Waals surface area contributed by atoms with Crippen molar-refractivity contribution >= 4 is 23.7 Å². The zero-order valence-corrected chi connectivity index (χ0v) is 8.84. The third-order valence-electron chi connectivity index (χ3n) is 2.02. The summed E-state index contributed by atoms with van der Waals surface area (Å²) in [5.41, 5.74) is 1.86. The topological polar surface area (TPSA) is 34.1 Å². The van der Waals surface area contributed by atoms with Crippen molar-refractivity contribution in [1.29, 1.82) is 0 Å². The first-order valence-electron chi connectivity index (χ1n) is 4.30. The molecule has 0 saturated heterocycles. The minimum atomic E-state index is -0.560. The summed E-state index contributed by atoms with van der Waals surface area (Å²) in [7, 11) is 0. The van der Waals surface area contributed by atoms with Crippen molar-refractivity contribution in [2.24, 2.45) is 0 Å². The Morgan fingerprint density at radius 3 is 2.64 bits per heavy atom. The Balaban J connectivity index is 3.18. The van der Waals surface area contributed by atoms with Gasteiger partial charge >= 0.3 is 0 Å². The van der Waals surface area contributed by atoms with Crippen LogP contribution in [0.15, 0.2) is 18.2 Å². The number of aldehydes is 1. The van der Waals surface area contributed by atoms with Crippen LogP contribution in [0.1, 0.15) is 33.2 Å². The first-order chi connectivity index (χ1) is 6.56. The van der Waals surface area contributed by atoms with Gasteiger partial charge in [-0.1, -0.05) is 12.1 Å². The van der Waals surface area contributed by atoms with Gasteiger partial charge in [0.1, 0.15) is 6.29 Å². The predicted octanol–water partition coefficient (Wildman–Crippen LogP) is 2.62. The lowest BCUT2D eigenvalue weighted by Crippen LogP contribution is -2.12. The number of benzene rings is 1. The molecule has 1 aromatic carbocycles. The molecule has 0 saturated carbocycles. The Morgan fingerprint density at radius 1 is 1.50 bits per heavy atom. The van der Waals surface area contributed by atoms with Crippen LogP contribution < -0.4 is 0 Å². The molecular formula is C11H11ClO2. The lowest BCUT2D eigenvalue weighted by Gasteiger charge is -2.06. The molecule has 3 heteroatoms. The number of halogens is 1. The van der Waals surface area contributed by atoms with Crippen molar-refractivity contribution in [1.82, 2.24) is 0 Å². The molecule has 0 aliphatic heterocycles. The summed E-state index contributed by atoms with van der Waals surface area (Å²) in [5.74, 6) is -0.145. The highest BCUT2D eigenvalue weighted by Gasteiger charge is 2.14. The Bertz CT molecular complexity index is 370. The maximum atomic E-state index is 11.6. The van der Waals surface area contributed by atoms with Crippen molar-refractivity contribution in [3.8, 4) is 0 Å². The normalized spacial score (nSPS) is 12.2. The van der Waals surface area contributed by atoms with Gasteiger partial charge in [0, 0.05) is 11.1 Å². The van der Waals surface area contributed by atoms with Gasteiger partial charge in [0.25, 0.3) is 0 Å². The molecular weight excluding hydrogens is 200 g/mol. The van der Waals surface area contributed by atoms with Gasteiger partial charge < -0.3 is 0 Å². The van der Waals surface area contributed by atoms with Gasteiger partial charge in [-0.05, 0) is 25.5 Å². The second kappa shape index (κ2) is 4.38. The van der Waals surface area contributed by atoms with E-state index in [2.05, 4.69) is 0 Å². The minimum absolute atomic E-state index is 0.145. The van der Waals surface area contributed by atoms with E-state index in [1.165, 1.54) is 0 Å². The molecule has 1 unspecified atom stereocenters. The van der Waals surface area contributed by atoms with Gasteiger partial charge in [-0.25, -0.2) is 0 Å². The summed E-state index contributed by atoms with van der Waals surface area (Å²) >= 11 is 5.69. The average molecular weight is 211 g/mol. The van der Waals surface area contributed by atoms with Crippen molar-refractivity contribution in [2.75, 3.05) is 0 Å². The summed E-state index contributed by atoms with van der Waals surface area (Å²) in [6.45, 7) is 3.44. The van der Waals surface area contributed by atoms with Crippen molar-refractivity contribution in [2.45, 2.75) is 19.2 Å². The highest BCUT2D eigenvalue weighted by Crippen LogP contribution is 2.14. The molecule has 0 N–H and O–H groups in total. The molecule has 2 nitrogen and oxygen atoms in total. The van der Waals surface area contributed by atoms with Gasteiger partial charge in [0.05, 0.1) is 5.38 Å². The first kappa shape index (κ1) is 10.9. The van der Waals surface area contributed by atoms with Crippen LogP contribution >= 0.6 is 11.6 Å².